The van der Waals surface area contributed by atoms with Gasteiger partial charge in [-0.05, 0) is 25.3 Å². The summed E-state index contributed by atoms with van der Waals surface area (Å²) >= 11 is 0. The number of hydrogen-bond acceptors (Lipinski definition) is 3. The van der Waals surface area contributed by atoms with Crippen LogP contribution in [0.2, 0.25) is 0 Å². The Morgan fingerprint density at radius 1 is 1.40 bits per heavy atom. The maximum Gasteiger partial charge on any atom is 0.0594 e. The highest BCUT2D eigenvalue weighted by molar-refractivity contribution is 5.85. The highest BCUT2D eigenvalue weighted by Crippen LogP contribution is 2.18. The molecule has 0 amide bonds. The summed E-state index contributed by atoms with van der Waals surface area (Å²) in [5.41, 5.74) is 5.35. The highest BCUT2D eigenvalue weighted by atomic mass is 35.5. The van der Waals surface area contributed by atoms with Crippen molar-refractivity contribution in [1.29, 1.82) is 0 Å². The average molecular weight is 237 g/mol. The van der Waals surface area contributed by atoms with Gasteiger partial charge in [0.05, 0.1) is 13.2 Å². The first-order chi connectivity index (χ1) is 6.86. The third-order valence-corrected chi connectivity index (χ3v) is 2.99. The number of nitrogens with zero attached hydrogens (tertiary/aromatic N) is 1. The molecular formula is C11H25ClN2O. The van der Waals surface area contributed by atoms with Crippen LogP contribution >= 0.6 is 12.4 Å². The summed E-state index contributed by atoms with van der Waals surface area (Å²) in [5, 5.41) is 0. The molecule has 1 rings (SSSR count). The van der Waals surface area contributed by atoms with Gasteiger partial charge in [0.25, 0.3) is 0 Å². The zero-order chi connectivity index (χ0) is 10.2. The molecule has 2 N–H and O–H groups in total. The molecule has 1 aliphatic heterocycles. The van der Waals surface area contributed by atoms with Gasteiger partial charge in [-0.1, -0.05) is 13.3 Å². The van der Waals surface area contributed by atoms with Crippen LogP contribution in [0.25, 0.3) is 0 Å². The van der Waals surface area contributed by atoms with Gasteiger partial charge in [0.1, 0.15) is 0 Å². The van der Waals surface area contributed by atoms with E-state index in [1.165, 1.54) is 32.4 Å². The van der Waals surface area contributed by atoms with Gasteiger partial charge >= 0.3 is 0 Å². The molecule has 92 valence electrons. The van der Waals surface area contributed by atoms with Crippen LogP contribution in [0.3, 0.4) is 0 Å². The molecule has 1 unspecified atom stereocenters. The first kappa shape index (κ1) is 15.2. The lowest BCUT2D eigenvalue weighted by molar-refractivity contribution is 0.0882. The van der Waals surface area contributed by atoms with Crippen molar-refractivity contribution < 1.29 is 4.74 Å². The SMILES string of the molecule is CCC1CCCN(CCOCCN)C1.Cl. The second-order valence-corrected chi connectivity index (χ2v) is 4.12. The van der Waals surface area contributed by atoms with Crippen molar-refractivity contribution in [3.8, 4) is 0 Å². The molecule has 15 heavy (non-hydrogen) atoms. The van der Waals surface area contributed by atoms with Crippen LogP contribution < -0.4 is 5.73 Å². The lowest BCUT2D eigenvalue weighted by atomic mass is 9.96. The molecule has 0 aromatic heterocycles. The summed E-state index contributed by atoms with van der Waals surface area (Å²) in [4.78, 5) is 2.52. The van der Waals surface area contributed by atoms with Gasteiger partial charge in [0.15, 0.2) is 0 Å². The van der Waals surface area contributed by atoms with Crippen LogP contribution in [0.5, 0.6) is 0 Å². The van der Waals surface area contributed by atoms with E-state index >= 15 is 0 Å². The Labute approximate surface area is 99.7 Å². The average Bonchev–Trinajstić information content (AvgIpc) is 2.25. The maximum atomic E-state index is 5.39. The van der Waals surface area contributed by atoms with Crippen LogP contribution in [0.4, 0.5) is 0 Å². The molecular weight excluding hydrogens is 212 g/mol. The smallest absolute Gasteiger partial charge is 0.0594 e. The third-order valence-electron chi connectivity index (χ3n) is 2.99. The molecule has 0 spiro atoms. The second kappa shape index (κ2) is 9.40. The first-order valence-electron chi connectivity index (χ1n) is 5.87. The van der Waals surface area contributed by atoms with Gasteiger partial charge in [-0.3, -0.25) is 0 Å². The maximum absolute atomic E-state index is 5.39. The Morgan fingerprint density at radius 3 is 2.87 bits per heavy atom. The number of nitrogens with two attached hydrogens (primary N) is 1. The molecule has 0 aliphatic carbocycles. The molecule has 0 saturated carbocycles. The molecule has 1 saturated heterocycles. The number of hydrogen-bond donors (Lipinski definition) is 1. The summed E-state index contributed by atoms with van der Waals surface area (Å²) in [6.07, 6.45) is 4.09. The molecule has 1 fully saturated rings. The largest absolute Gasteiger partial charge is 0.379 e. The van der Waals surface area contributed by atoms with Crippen LogP contribution in [-0.2, 0) is 4.74 Å². The van der Waals surface area contributed by atoms with Gasteiger partial charge in [-0.2, -0.15) is 0 Å². The number of piperidine rings is 1. The number of likely N-dealkylation sites (tertiary alicyclic amines) is 1. The lowest BCUT2D eigenvalue weighted by Gasteiger charge is -2.32. The minimum absolute atomic E-state index is 0. The van der Waals surface area contributed by atoms with Crippen molar-refractivity contribution in [2.24, 2.45) is 11.7 Å². The van der Waals surface area contributed by atoms with Crippen molar-refractivity contribution in [2.75, 3.05) is 39.4 Å². The van der Waals surface area contributed by atoms with Gasteiger partial charge in [-0.15, -0.1) is 12.4 Å². The molecule has 4 heteroatoms. The normalized spacial score (nSPS) is 22.4. The van der Waals surface area contributed by atoms with Crippen LogP contribution in [0.1, 0.15) is 26.2 Å². The quantitative estimate of drug-likeness (QED) is 0.711. The van der Waals surface area contributed by atoms with Gasteiger partial charge in [-0.25, -0.2) is 0 Å². The first-order valence-corrected chi connectivity index (χ1v) is 5.87. The summed E-state index contributed by atoms with van der Waals surface area (Å²) in [5.74, 6) is 0.915. The minimum Gasteiger partial charge on any atom is -0.379 e. The Kier molecular flexibility index (Phi) is 9.51. The predicted octanol–water partition coefficient (Wildman–Crippen LogP) is 1.51. The summed E-state index contributed by atoms with van der Waals surface area (Å²) in [7, 11) is 0. The molecule has 1 atom stereocenters. The number of halogens is 1. The van der Waals surface area contributed by atoms with Crippen molar-refractivity contribution in [3.63, 3.8) is 0 Å². The second-order valence-electron chi connectivity index (χ2n) is 4.12. The standard InChI is InChI=1S/C11H24N2O.ClH/c1-2-11-4-3-6-13(10-11)7-9-14-8-5-12;/h11H,2-10,12H2,1H3;1H. The minimum atomic E-state index is 0. The Morgan fingerprint density at radius 2 is 2.20 bits per heavy atom. The summed E-state index contributed by atoms with van der Waals surface area (Å²) in [6.45, 7) is 8.07. The van der Waals surface area contributed by atoms with Gasteiger partial charge in [0, 0.05) is 19.6 Å². The fourth-order valence-electron chi connectivity index (χ4n) is 2.07. The number of ether oxygens (including phenoxy) is 1. The van der Waals surface area contributed by atoms with E-state index < -0.39 is 0 Å². The van der Waals surface area contributed by atoms with Crippen LogP contribution in [0, 0.1) is 5.92 Å². The van der Waals surface area contributed by atoms with Gasteiger partial charge in [0.2, 0.25) is 0 Å². The summed E-state index contributed by atoms with van der Waals surface area (Å²) in [6, 6.07) is 0. The Balaban J connectivity index is 0.00000196. The van der Waals surface area contributed by atoms with Crippen molar-refractivity contribution >= 4 is 12.4 Å². The monoisotopic (exact) mass is 236 g/mol. The third kappa shape index (κ3) is 6.36. The van der Waals surface area contributed by atoms with E-state index in [1.54, 1.807) is 0 Å². The van der Waals surface area contributed by atoms with Crippen molar-refractivity contribution in [1.82, 2.24) is 4.90 Å². The number of rotatable bonds is 6. The van der Waals surface area contributed by atoms with E-state index in [0.29, 0.717) is 13.2 Å². The molecule has 1 aliphatic rings. The topological polar surface area (TPSA) is 38.5 Å². The van der Waals surface area contributed by atoms with E-state index in [0.717, 1.165) is 19.1 Å². The van der Waals surface area contributed by atoms with Crippen LogP contribution in [-0.4, -0.2) is 44.3 Å². The van der Waals surface area contributed by atoms with Gasteiger partial charge < -0.3 is 15.4 Å². The molecule has 1 heterocycles. The molecule has 0 bridgehead atoms. The Bertz CT molecular complexity index is 147. The van der Waals surface area contributed by atoms with Crippen molar-refractivity contribution in [2.45, 2.75) is 26.2 Å². The van der Waals surface area contributed by atoms with E-state index in [9.17, 15) is 0 Å². The zero-order valence-electron chi connectivity index (χ0n) is 9.78. The van der Waals surface area contributed by atoms with E-state index in [2.05, 4.69) is 11.8 Å². The van der Waals surface area contributed by atoms with Crippen molar-refractivity contribution in [3.05, 3.63) is 0 Å². The fraction of sp³-hybridized carbons (Fsp3) is 1.00. The van der Waals surface area contributed by atoms with Crippen LogP contribution in [0.15, 0.2) is 0 Å². The Hall–Kier alpha value is 0.170. The fourth-order valence-corrected chi connectivity index (χ4v) is 2.07. The van der Waals surface area contributed by atoms with E-state index in [4.69, 9.17) is 10.5 Å². The van der Waals surface area contributed by atoms with E-state index in [1.807, 2.05) is 0 Å². The predicted molar refractivity (Wildman–Crippen MR) is 66.6 cm³/mol. The highest BCUT2D eigenvalue weighted by Gasteiger charge is 2.17. The summed E-state index contributed by atoms with van der Waals surface area (Å²) < 4.78 is 5.39. The molecule has 0 aromatic carbocycles. The molecule has 0 aromatic rings. The molecule has 3 nitrogen and oxygen atoms in total. The lowest BCUT2D eigenvalue weighted by Crippen LogP contribution is -2.37. The van der Waals surface area contributed by atoms with E-state index in [-0.39, 0.29) is 12.4 Å². The molecule has 0 radical (unpaired) electrons. The zero-order valence-corrected chi connectivity index (χ0v) is 10.6.